The quantitative estimate of drug-likeness (QED) is 0.576. The van der Waals surface area contributed by atoms with Gasteiger partial charge in [0.1, 0.15) is 0 Å². The van der Waals surface area contributed by atoms with Crippen molar-refractivity contribution in [2.24, 2.45) is 0 Å². The largest absolute Gasteiger partial charge is 0.266 e. The molecule has 14 heavy (non-hydrogen) atoms. The fourth-order valence-electron chi connectivity index (χ4n) is 1.53. The highest BCUT2D eigenvalue weighted by molar-refractivity contribution is 5.70. The van der Waals surface area contributed by atoms with Crippen LogP contribution in [0.3, 0.4) is 0 Å². The first-order valence-electron chi connectivity index (χ1n) is 4.45. The Morgan fingerprint density at radius 3 is 3.14 bits per heavy atom. The van der Waals surface area contributed by atoms with E-state index in [4.69, 9.17) is 10.1 Å². The van der Waals surface area contributed by atoms with E-state index in [1.165, 1.54) is 5.56 Å². The summed E-state index contributed by atoms with van der Waals surface area (Å²) in [6.45, 7) is 0.0551. The van der Waals surface area contributed by atoms with Crippen molar-refractivity contribution in [3.8, 4) is 6.07 Å². The molecule has 1 aromatic carbocycles. The van der Waals surface area contributed by atoms with Crippen molar-refractivity contribution in [1.29, 1.82) is 5.26 Å². The number of allylic oxidation sites excluding steroid dienone is 1. The zero-order chi connectivity index (χ0) is 9.80. The predicted octanol–water partition coefficient (Wildman–Crippen LogP) is 1.63. The van der Waals surface area contributed by atoms with Crippen LogP contribution in [0.25, 0.3) is 5.70 Å². The van der Waals surface area contributed by atoms with Gasteiger partial charge in [-0.25, -0.2) is 0 Å². The second-order valence-corrected chi connectivity index (χ2v) is 3.03. The van der Waals surface area contributed by atoms with Crippen molar-refractivity contribution in [3.05, 3.63) is 41.5 Å². The average Bonchev–Trinajstić information content (AvgIpc) is 2.63. The van der Waals surface area contributed by atoms with Crippen LogP contribution in [0, 0.1) is 11.3 Å². The van der Waals surface area contributed by atoms with Crippen LogP contribution in [0.5, 0.6) is 0 Å². The molecule has 0 aliphatic heterocycles. The van der Waals surface area contributed by atoms with Crippen LogP contribution < -0.4 is 5.48 Å². The van der Waals surface area contributed by atoms with Crippen LogP contribution in [0.2, 0.25) is 0 Å². The highest BCUT2D eigenvalue weighted by Crippen LogP contribution is 2.24. The van der Waals surface area contributed by atoms with E-state index in [0.29, 0.717) is 0 Å². The predicted molar refractivity (Wildman–Crippen MR) is 52.8 cm³/mol. The van der Waals surface area contributed by atoms with E-state index in [1.54, 1.807) is 0 Å². The Kier molecular flexibility index (Phi) is 2.48. The van der Waals surface area contributed by atoms with E-state index in [-0.39, 0.29) is 6.61 Å². The Labute approximate surface area is 82.6 Å². The van der Waals surface area contributed by atoms with Crippen molar-refractivity contribution < 1.29 is 4.84 Å². The van der Waals surface area contributed by atoms with Crippen LogP contribution in [0.1, 0.15) is 11.1 Å². The molecule has 0 spiro atoms. The molecule has 2 rings (SSSR count). The molecule has 0 amide bonds. The molecule has 0 saturated heterocycles. The van der Waals surface area contributed by atoms with Gasteiger partial charge in [-0.05, 0) is 12.0 Å². The van der Waals surface area contributed by atoms with Gasteiger partial charge in [-0.3, -0.25) is 10.3 Å². The number of nitrogens with zero attached hydrogens (tertiary/aromatic N) is 1. The lowest BCUT2D eigenvalue weighted by molar-refractivity contribution is 0.107. The lowest BCUT2D eigenvalue weighted by Gasteiger charge is -2.06. The van der Waals surface area contributed by atoms with Crippen molar-refractivity contribution in [2.45, 2.75) is 6.42 Å². The number of hydrogen-bond acceptors (Lipinski definition) is 3. The minimum Gasteiger partial charge on any atom is -0.266 e. The van der Waals surface area contributed by atoms with E-state index in [2.05, 4.69) is 17.6 Å². The zero-order valence-electron chi connectivity index (χ0n) is 7.66. The molecule has 1 N–H and O–H groups in total. The maximum absolute atomic E-state index is 8.30. The van der Waals surface area contributed by atoms with Gasteiger partial charge >= 0.3 is 0 Å². The maximum Gasteiger partial charge on any atom is 0.161 e. The number of nitrogens with one attached hydrogen (secondary N) is 1. The zero-order valence-corrected chi connectivity index (χ0v) is 7.66. The molecule has 0 aromatic heterocycles. The number of benzene rings is 1. The molecule has 3 heteroatoms. The van der Waals surface area contributed by atoms with Crippen LogP contribution in [0.15, 0.2) is 30.3 Å². The Morgan fingerprint density at radius 1 is 1.43 bits per heavy atom. The molecule has 0 fully saturated rings. The Bertz CT molecular complexity index is 404. The summed E-state index contributed by atoms with van der Waals surface area (Å²) in [5.41, 5.74) is 6.18. The molecular formula is C11H10N2O. The molecule has 1 aliphatic rings. The van der Waals surface area contributed by atoms with Gasteiger partial charge in [-0.1, -0.05) is 30.3 Å². The summed E-state index contributed by atoms with van der Waals surface area (Å²) in [7, 11) is 0. The van der Waals surface area contributed by atoms with E-state index in [9.17, 15) is 0 Å². The molecule has 0 bridgehead atoms. The summed E-state index contributed by atoms with van der Waals surface area (Å²) >= 11 is 0. The Morgan fingerprint density at radius 2 is 2.29 bits per heavy atom. The summed E-state index contributed by atoms with van der Waals surface area (Å²) in [6, 6.07) is 10.0. The van der Waals surface area contributed by atoms with Gasteiger partial charge in [0, 0.05) is 5.56 Å². The minimum absolute atomic E-state index is 0.0551. The fraction of sp³-hybridized carbons (Fsp3) is 0.182. The van der Waals surface area contributed by atoms with Gasteiger partial charge in [0.25, 0.3) is 0 Å². The summed E-state index contributed by atoms with van der Waals surface area (Å²) in [6.07, 6.45) is 2.98. The van der Waals surface area contributed by atoms with Gasteiger partial charge in [0.05, 0.1) is 11.8 Å². The molecule has 1 aromatic rings. The van der Waals surface area contributed by atoms with Gasteiger partial charge in [-0.15, -0.1) is 0 Å². The first kappa shape index (κ1) is 8.79. The van der Waals surface area contributed by atoms with Crippen LogP contribution in [0.4, 0.5) is 0 Å². The molecule has 70 valence electrons. The van der Waals surface area contributed by atoms with Gasteiger partial charge < -0.3 is 0 Å². The summed E-state index contributed by atoms with van der Waals surface area (Å²) in [5.74, 6) is 0. The monoisotopic (exact) mass is 186 g/mol. The first-order chi connectivity index (χ1) is 6.92. The summed E-state index contributed by atoms with van der Waals surface area (Å²) in [5, 5.41) is 8.30. The third-order valence-electron chi connectivity index (χ3n) is 2.15. The molecule has 3 nitrogen and oxygen atoms in total. The number of rotatable bonds is 3. The third-order valence-corrected chi connectivity index (χ3v) is 2.15. The smallest absolute Gasteiger partial charge is 0.161 e. The lowest BCUT2D eigenvalue weighted by atomic mass is 10.1. The Balaban J connectivity index is 2.06. The number of nitriles is 1. The second-order valence-electron chi connectivity index (χ2n) is 3.03. The molecule has 1 aliphatic carbocycles. The van der Waals surface area contributed by atoms with Crippen LogP contribution >= 0.6 is 0 Å². The standard InChI is InChI=1S/C11H10N2O/c12-7-8-14-13-11-6-5-9-3-1-2-4-10(9)11/h1-4,6,13H,5,8H2. The molecule has 0 unspecified atom stereocenters. The number of fused-ring (bicyclic) bond motifs is 1. The molecule has 0 atom stereocenters. The average molecular weight is 186 g/mol. The SMILES string of the molecule is N#CCONC1=CCc2ccccc21. The van der Waals surface area contributed by atoms with Crippen molar-refractivity contribution in [1.82, 2.24) is 5.48 Å². The maximum atomic E-state index is 8.30. The summed E-state index contributed by atoms with van der Waals surface area (Å²) in [4.78, 5) is 4.94. The molecule has 0 saturated carbocycles. The highest BCUT2D eigenvalue weighted by Gasteiger charge is 2.12. The van der Waals surface area contributed by atoms with Crippen molar-refractivity contribution in [2.75, 3.05) is 6.61 Å². The number of hydrogen-bond donors (Lipinski definition) is 1. The number of hydroxylamine groups is 1. The van der Waals surface area contributed by atoms with E-state index < -0.39 is 0 Å². The fourth-order valence-corrected chi connectivity index (χ4v) is 1.53. The van der Waals surface area contributed by atoms with Crippen molar-refractivity contribution >= 4 is 5.70 Å². The van der Waals surface area contributed by atoms with E-state index in [1.807, 2.05) is 24.3 Å². The van der Waals surface area contributed by atoms with Crippen LogP contribution in [-0.2, 0) is 11.3 Å². The second kappa shape index (κ2) is 3.95. The topological polar surface area (TPSA) is 45.0 Å². The molecule has 0 heterocycles. The minimum atomic E-state index is 0.0551. The van der Waals surface area contributed by atoms with Crippen molar-refractivity contribution in [3.63, 3.8) is 0 Å². The molecular weight excluding hydrogens is 176 g/mol. The Hall–Kier alpha value is -1.79. The lowest BCUT2D eigenvalue weighted by Crippen LogP contribution is -2.12. The van der Waals surface area contributed by atoms with E-state index >= 15 is 0 Å². The van der Waals surface area contributed by atoms with Gasteiger partial charge in [-0.2, -0.15) is 5.26 Å². The summed E-state index contributed by atoms with van der Waals surface area (Å²) < 4.78 is 0. The third kappa shape index (κ3) is 1.61. The van der Waals surface area contributed by atoms with E-state index in [0.717, 1.165) is 17.7 Å². The molecule has 0 radical (unpaired) electrons. The highest BCUT2D eigenvalue weighted by atomic mass is 16.6. The van der Waals surface area contributed by atoms with Crippen LogP contribution in [-0.4, -0.2) is 6.61 Å². The van der Waals surface area contributed by atoms with Gasteiger partial charge in [0.2, 0.25) is 0 Å². The van der Waals surface area contributed by atoms with Gasteiger partial charge in [0.15, 0.2) is 6.61 Å². The normalized spacial score (nSPS) is 12.9. The first-order valence-corrected chi connectivity index (χ1v) is 4.45.